The largest absolute Gasteiger partial charge is 0.381 e. The van der Waals surface area contributed by atoms with Gasteiger partial charge in [-0.1, -0.05) is 54.1 Å². The number of hydrogen-bond acceptors (Lipinski definition) is 2. The number of aromatic nitrogens is 1. The molecule has 2 heterocycles. The van der Waals surface area contributed by atoms with Gasteiger partial charge in [0, 0.05) is 24.3 Å². The van der Waals surface area contributed by atoms with Gasteiger partial charge in [0.2, 0.25) is 5.91 Å². The maximum Gasteiger partial charge on any atom is 0.231 e. The van der Waals surface area contributed by atoms with Crippen LogP contribution >= 0.6 is 11.6 Å². The summed E-state index contributed by atoms with van der Waals surface area (Å²) in [5, 5.41) is 5.30. The highest BCUT2D eigenvalue weighted by molar-refractivity contribution is 6.35. The number of fused-ring (bicyclic) bond motifs is 3. The fourth-order valence-corrected chi connectivity index (χ4v) is 5.24. The molecule has 0 unspecified atom stereocenters. The normalized spacial score (nSPS) is 20.9. The first kappa shape index (κ1) is 18.7. The van der Waals surface area contributed by atoms with Crippen molar-refractivity contribution < 1.29 is 9.53 Å². The molecule has 1 amide bonds. The molecule has 4 nitrogen and oxygen atoms in total. The van der Waals surface area contributed by atoms with Crippen molar-refractivity contribution in [2.45, 2.75) is 43.6 Å². The molecule has 5 rings (SSSR count). The average Bonchev–Trinajstić information content (AvgIpc) is 3.16. The molecular weight excluding hydrogens is 384 g/mol. The molecule has 1 aromatic heterocycles. The SMILES string of the molecule is O=C(N[C@H]1CCCc2c1[nH]c1c(Cl)cccc21)C1(c2ccccc2)CCOCC1. The van der Waals surface area contributed by atoms with Crippen LogP contribution in [0.3, 0.4) is 0 Å². The lowest BCUT2D eigenvalue weighted by Crippen LogP contribution is -2.49. The summed E-state index contributed by atoms with van der Waals surface area (Å²) in [4.78, 5) is 17.2. The topological polar surface area (TPSA) is 54.1 Å². The van der Waals surface area contributed by atoms with Gasteiger partial charge in [0.1, 0.15) is 0 Å². The van der Waals surface area contributed by atoms with Crippen molar-refractivity contribution >= 4 is 28.4 Å². The Labute approximate surface area is 175 Å². The number of hydrogen-bond donors (Lipinski definition) is 2. The van der Waals surface area contributed by atoms with Gasteiger partial charge in [-0.3, -0.25) is 4.79 Å². The van der Waals surface area contributed by atoms with Crippen LogP contribution in [0.2, 0.25) is 5.02 Å². The Balaban J connectivity index is 1.49. The third-order valence-corrected chi connectivity index (χ3v) is 6.92. The Kier molecular flexibility index (Phi) is 4.84. The minimum Gasteiger partial charge on any atom is -0.381 e. The van der Waals surface area contributed by atoms with Crippen LogP contribution in [-0.2, 0) is 21.4 Å². The van der Waals surface area contributed by atoms with E-state index < -0.39 is 5.41 Å². The molecule has 0 radical (unpaired) electrons. The van der Waals surface area contributed by atoms with E-state index in [4.69, 9.17) is 16.3 Å². The van der Waals surface area contributed by atoms with Crippen LogP contribution in [0.1, 0.15) is 48.5 Å². The molecule has 29 heavy (non-hydrogen) atoms. The van der Waals surface area contributed by atoms with Crippen molar-refractivity contribution in [3.63, 3.8) is 0 Å². The lowest BCUT2D eigenvalue weighted by molar-refractivity contribution is -0.131. The molecule has 0 spiro atoms. The fraction of sp³-hybridized carbons (Fsp3) is 0.375. The van der Waals surface area contributed by atoms with Gasteiger partial charge in [0.25, 0.3) is 0 Å². The average molecular weight is 409 g/mol. The van der Waals surface area contributed by atoms with Crippen LogP contribution in [-0.4, -0.2) is 24.1 Å². The molecule has 5 heteroatoms. The number of rotatable bonds is 3. The molecule has 2 aromatic carbocycles. The summed E-state index contributed by atoms with van der Waals surface area (Å²) >= 11 is 6.42. The number of nitrogens with one attached hydrogen (secondary N) is 2. The molecular formula is C24H25ClN2O2. The van der Waals surface area contributed by atoms with Crippen molar-refractivity contribution in [2.75, 3.05) is 13.2 Å². The minimum absolute atomic E-state index is 0.0156. The van der Waals surface area contributed by atoms with Gasteiger partial charge >= 0.3 is 0 Å². The zero-order valence-corrected chi connectivity index (χ0v) is 17.1. The van der Waals surface area contributed by atoms with E-state index in [1.54, 1.807) is 0 Å². The highest BCUT2D eigenvalue weighted by Crippen LogP contribution is 2.39. The van der Waals surface area contributed by atoms with Crippen molar-refractivity contribution in [2.24, 2.45) is 0 Å². The van der Waals surface area contributed by atoms with Crippen molar-refractivity contribution in [3.8, 4) is 0 Å². The number of para-hydroxylation sites is 1. The molecule has 2 N–H and O–H groups in total. The van der Waals surface area contributed by atoms with Crippen molar-refractivity contribution in [3.05, 3.63) is 70.4 Å². The first-order chi connectivity index (χ1) is 14.2. The molecule has 0 saturated carbocycles. The number of ether oxygens (including phenoxy) is 1. The smallest absolute Gasteiger partial charge is 0.231 e. The molecule has 1 aliphatic carbocycles. The number of H-pyrrole nitrogens is 1. The Morgan fingerprint density at radius 2 is 1.90 bits per heavy atom. The van der Waals surface area contributed by atoms with Crippen molar-refractivity contribution in [1.29, 1.82) is 0 Å². The van der Waals surface area contributed by atoms with Crippen LogP contribution in [0.15, 0.2) is 48.5 Å². The summed E-state index contributed by atoms with van der Waals surface area (Å²) in [5.74, 6) is 0.106. The van der Waals surface area contributed by atoms with Crippen LogP contribution in [0, 0.1) is 0 Å². The quantitative estimate of drug-likeness (QED) is 0.636. The second-order valence-electron chi connectivity index (χ2n) is 8.16. The zero-order valence-electron chi connectivity index (χ0n) is 16.3. The van der Waals surface area contributed by atoms with E-state index in [0.717, 1.165) is 41.1 Å². The third-order valence-electron chi connectivity index (χ3n) is 6.60. The summed E-state index contributed by atoms with van der Waals surface area (Å²) in [6.45, 7) is 1.22. The second-order valence-corrected chi connectivity index (χ2v) is 8.57. The standard InChI is InChI=1S/C24H25ClN2O2/c25-19-10-4-8-17-18-9-5-11-20(22(18)27-21(17)19)26-23(28)24(12-14-29-15-13-24)16-6-2-1-3-7-16/h1-4,6-8,10,20,27H,5,9,11-15H2,(H,26,28)/t20-/m0/s1. The first-order valence-corrected chi connectivity index (χ1v) is 10.8. The zero-order chi connectivity index (χ0) is 19.8. The van der Waals surface area contributed by atoms with Gasteiger partial charge in [-0.25, -0.2) is 0 Å². The fourth-order valence-electron chi connectivity index (χ4n) is 5.02. The predicted octanol–water partition coefficient (Wildman–Crippen LogP) is 5.06. The molecule has 1 saturated heterocycles. The van der Waals surface area contributed by atoms with Gasteiger partial charge in [-0.05, 0) is 49.3 Å². The molecule has 1 aliphatic heterocycles. The van der Waals surface area contributed by atoms with Gasteiger partial charge in [-0.2, -0.15) is 0 Å². The Hall–Kier alpha value is -2.30. The third kappa shape index (κ3) is 3.15. The summed E-state index contributed by atoms with van der Waals surface area (Å²) in [6, 6.07) is 16.2. The van der Waals surface area contributed by atoms with E-state index in [-0.39, 0.29) is 11.9 Å². The number of aryl methyl sites for hydroxylation is 1. The molecule has 1 fully saturated rings. The number of amides is 1. The van der Waals surface area contributed by atoms with Crippen LogP contribution in [0.4, 0.5) is 0 Å². The molecule has 150 valence electrons. The lowest BCUT2D eigenvalue weighted by atomic mass is 9.73. The van der Waals surface area contributed by atoms with E-state index in [1.807, 2.05) is 30.3 Å². The van der Waals surface area contributed by atoms with Crippen molar-refractivity contribution in [1.82, 2.24) is 10.3 Å². The van der Waals surface area contributed by atoms with Gasteiger partial charge < -0.3 is 15.0 Å². The Morgan fingerprint density at radius 1 is 1.10 bits per heavy atom. The van der Waals surface area contributed by atoms with Gasteiger partial charge in [0.15, 0.2) is 0 Å². The second kappa shape index (κ2) is 7.51. The summed E-state index contributed by atoms with van der Waals surface area (Å²) in [5.41, 5.74) is 3.93. The van der Waals surface area contributed by atoms with Crippen LogP contribution in [0.5, 0.6) is 0 Å². The molecule has 2 aliphatic rings. The first-order valence-electron chi connectivity index (χ1n) is 10.4. The number of halogens is 1. The Morgan fingerprint density at radius 3 is 2.69 bits per heavy atom. The summed E-state index contributed by atoms with van der Waals surface area (Å²) in [6.07, 6.45) is 4.42. The predicted molar refractivity (Wildman–Crippen MR) is 115 cm³/mol. The lowest BCUT2D eigenvalue weighted by Gasteiger charge is -2.38. The van der Waals surface area contributed by atoms with E-state index in [2.05, 4.69) is 28.5 Å². The number of benzene rings is 2. The van der Waals surface area contributed by atoms with E-state index in [9.17, 15) is 4.79 Å². The minimum atomic E-state index is -0.527. The van der Waals surface area contributed by atoms with Gasteiger partial charge in [-0.15, -0.1) is 0 Å². The highest BCUT2D eigenvalue weighted by atomic mass is 35.5. The molecule has 0 bridgehead atoms. The number of carbonyl (C=O) groups excluding carboxylic acids is 1. The molecule has 3 aromatic rings. The highest BCUT2D eigenvalue weighted by Gasteiger charge is 2.43. The maximum atomic E-state index is 13.7. The summed E-state index contributed by atoms with van der Waals surface area (Å²) < 4.78 is 5.59. The maximum absolute atomic E-state index is 13.7. The molecule has 1 atom stereocenters. The van der Waals surface area contributed by atoms with E-state index in [0.29, 0.717) is 26.1 Å². The van der Waals surface area contributed by atoms with Crippen LogP contribution < -0.4 is 5.32 Å². The summed E-state index contributed by atoms with van der Waals surface area (Å²) in [7, 11) is 0. The number of aromatic amines is 1. The van der Waals surface area contributed by atoms with E-state index in [1.165, 1.54) is 10.9 Å². The van der Waals surface area contributed by atoms with Gasteiger partial charge in [0.05, 0.1) is 22.0 Å². The van der Waals surface area contributed by atoms with E-state index >= 15 is 0 Å². The Bertz CT molecular complexity index is 1040. The van der Waals surface area contributed by atoms with Crippen LogP contribution in [0.25, 0.3) is 10.9 Å². The monoisotopic (exact) mass is 408 g/mol. The number of carbonyl (C=O) groups is 1.